The SMILES string of the molecule is CC1=NNC2CC(F)CCC12. The Balaban J connectivity index is 2.05. The summed E-state index contributed by atoms with van der Waals surface area (Å²) >= 11 is 0. The van der Waals surface area contributed by atoms with Crippen LogP contribution in [0, 0.1) is 5.92 Å². The van der Waals surface area contributed by atoms with Crippen molar-refractivity contribution in [2.24, 2.45) is 11.0 Å². The summed E-state index contributed by atoms with van der Waals surface area (Å²) < 4.78 is 12.9. The monoisotopic (exact) mass is 156 g/mol. The fourth-order valence-electron chi connectivity index (χ4n) is 2.03. The highest BCUT2D eigenvalue weighted by molar-refractivity contribution is 5.86. The third-order valence-electron chi connectivity index (χ3n) is 2.73. The number of rotatable bonds is 0. The molecule has 0 amide bonds. The quantitative estimate of drug-likeness (QED) is 0.564. The number of alkyl halides is 1. The molecule has 0 bridgehead atoms. The van der Waals surface area contributed by atoms with Crippen LogP contribution in [0.2, 0.25) is 0 Å². The van der Waals surface area contributed by atoms with E-state index in [1.807, 2.05) is 6.92 Å². The van der Waals surface area contributed by atoms with Crippen LogP contribution in [0.5, 0.6) is 0 Å². The van der Waals surface area contributed by atoms with Gasteiger partial charge in [-0.3, -0.25) is 0 Å². The van der Waals surface area contributed by atoms with Crippen LogP contribution in [0.3, 0.4) is 0 Å². The van der Waals surface area contributed by atoms with E-state index >= 15 is 0 Å². The van der Waals surface area contributed by atoms with E-state index in [1.165, 1.54) is 0 Å². The number of hydrazone groups is 1. The Labute approximate surface area is 65.9 Å². The van der Waals surface area contributed by atoms with Gasteiger partial charge in [0.15, 0.2) is 0 Å². The van der Waals surface area contributed by atoms with Crippen LogP contribution in [0.15, 0.2) is 5.10 Å². The maximum Gasteiger partial charge on any atom is 0.102 e. The second-order valence-electron chi connectivity index (χ2n) is 3.51. The minimum absolute atomic E-state index is 0.291. The molecule has 1 aliphatic heterocycles. The highest BCUT2D eigenvalue weighted by Crippen LogP contribution is 2.30. The molecule has 2 rings (SSSR count). The van der Waals surface area contributed by atoms with Gasteiger partial charge in [0.1, 0.15) is 6.17 Å². The third-order valence-corrected chi connectivity index (χ3v) is 2.73. The number of nitrogens with zero attached hydrogens (tertiary/aromatic N) is 1. The lowest BCUT2D eigenvalue weighted by Crippen LogP contribution is -2.36. The van der Waals surface area contributed by atoms with Gasteiger partial charge in [0.05, 0.1) is 6.04 Å². The second-order valence-corrected chi connectivity index (χ2v) is 3.51. The van der Waals surface area contributed by atoms with Gasteiger partial charge < -0.3 is 5.43 Å². The molecule has 3 unspecified atom stereocenters. The maximum absolute atomic E-state index is 12.9. The summed E-state index contributed by atoms with van der Waals surface area (Å²) in [5.41, 5.74) is 4.14. The van der Waals surface area contributed by atoms with Gasteiger partial charge in [-0.15, -0.1) is 0 Å². The molecule has 11 heavy (non-hydrogen) atoms. The fourth-order valence-corrected chi connectivity index (χ4v) is 2.03. The largest absolute Gasteiger partial charge is 0.306 e. The molecule has 3 heteroatoms. The molecule has 0 radical (unpaired) electrons. The van der Waals surface area contributed by atoms with Gasteiger partial charge in [-0.25, -0.2) is 4.39 Å². The van der Waals surface area contributed by atoms with Crippen molar-refractivity contribution in [1.29, 1.82) is 0 Å². The van der Waals surface area contributed by atoms with Gasteiger partial charge in [-0.05, 0) is 19.8 Å². The van der Waals surface area contributed by atoms with Crippen molar-refractivity contribution >= 4 is 5.71 Å². The van der Waals surface area contributed by atoms with E-state index in [1.54, 1.807) is 0 Å². The van der Waals surface area contributed by atoms with E-state index in [4.69, 9.17) is 0 Å². The van der Waals surface area contributed by atoms with E-state index in [9.17, 15) is 4.39 Å². The van der Waals surface area contributed by atoms with E-state index in [0.29, 0.717) is 18.4 Å². The lowest BCUT2D eigenvalue weighted by Gasteiger charge is -2.27. The molecule has 1 N–H and O–H groups in total. The number of hydrogen-bond donors (Lipinski definition) is 1. The van der Waals surface area contributed by atoms with Crippen molar-refractivity contribution in [2.45, 2.75) is 38.4 Å². The number of hydrogen-bond acceptors (Lipinski definition) is 2. The van der Waals surface area contributed by atoms with Gasteiger partial charge >= 0.3 is 0 Å². The molecule has 1 heterocycles. The van der Waals surface area contributed by atoms with Crippen LogP contribution in [-0.4, -0.2) is 17.9 Å². The predicted molar refractivity (Wildman–Crippen MR) is 42.3 cm³/mol. The predicted octanol–water partition coefficient (Wildman–Crippen LogP) is 1.47. The summed E-state index contributed by atoms with van der Waals surface area (Å²) in [6.07, 6.45) is 1.72. The van der Waals surface area contributed by atoms with Crippen molar-refractivity contribution < 1.29 is 4.39 Å². The Bertz CT molecular complexity index is 191. The van der Waals surface area contributed by atoms with E-state index in [2.05, 4.69) is 10.5 Å². The molecule has 0 saturated heterocycles. The molecule has 1 saturated carbocycles. The Morgan fingerprint density at radius 1 is 1.55 bits per heavy atom. The van der Waals surface area contributed by atoms with Crippen molar-refractivity contribution in [2.75, 3.05) is 0 Å². The van der Waals surface area contributed by atoms with Crippen molar-refractivity contribution in [1.82, 2.24) is 5.43 Å². The summed E-state index contributed by atoms with van der Waals surface area (Å²) in [6, 6.07) is 0.291. The highest BCUT2D eigenvalue weighted by atomic mass is 19.1. The zero-order chi connectivity index (χ0) is 7.84. The molecular formula is C8H13FN2. The van der Waals surface area contributed by atoms with Crippen LogP contribution in [-0.2, 0) is 0 Å². The standard InChI is InChI=1S/C8H13FN2/c1-5-7-3-2-6(9)4-8(7)11-10-5/h6-8,11H,2-4H2,1H3. The molecule has 2 nitrogen and oxygen atoms in total. The molecule has 1 fully saturated rings. The molecule has 0 aromatic heterocycles. The molecule has 0 aromatic carbocycles. The summed E-state index contributed by atoms with van der Waals surface area (Å²) in [5.74, 6) is 0.516. The van der Waals surface area contributed by atoms with Crippen LogP contribution in [0.1, 0.15) is 26.2 Å². The third kappa shape index (κ3) is 1.12. The average molecular weight is 156 g/mol. The Morgan fingerprint density at radius 3 is 3.18 bits per heavy atom. The van der Waals surface area contributed by atoms with E-state index in [-0.39, 0.29) is 0 Å². The summed E-state index contributed by atoms with van der Waals surface area (Å²) in [4.78, 5) is 0. The minimum Gasteiger partial charge on any atom is -0.306 e. The molecule has 3 atom stereocenters. The average Bonchev–Trinajstić information content (AvgIpc) is 2.32. The normalized spacial score (nSPS) is 42.7. The smallest absolute Gasteiger partial charge is 0.102 e. The zero-order valence-corrected chi connectivity index (χ0v) is 6.68. The van der Waals surface area contributed by atoms with Gasteiger partial charge in [-0.1, -0.05) is 0 Å². The Hall–Kier alpha value is -0.600. The number of fused-ring (bicyclic) bond motifs is 1. The lowest BCUT2D eigenvalue weighted by atomic mass is 9.82. The first kappa shape index (κ1) is 7.07. The first-order valence-electron chi connectivity index (χ1n) is 4.21. The van der Waals surface area contributed by atoms with Gasteiger partial charge in [0.25, 0.3) is 0 Å². The summed E-state index contributed by atoms with van der Waals surface area (Å²) in [5, 5.41) is 4.12. The first-order valence-corrected chi connectivity index (χ1v) is 4.21. The maximum atomic E-state index is 12.9. The van der Waals surface area contributed by atoms with Crippen LogP contribution < -0.4 is 5.43 Å². The van der Waals surface area contributed by atoms with Crippen molar-refractivity contribution in [3.8, 4) is 0 Å². The fraction of sp³-hybridized carbons (Fsp3) is 0.875. The van der Waals surface area contributed by atoms with E-state index in [0.717, 1.165) is 18.6 Å². The topological polar surface area (TPSA) is 24.4 Å². The van der Waals surface area contributed by atoms with Crippen molar-refractivity contribution in [3.63, 3.8) is 0 Å². The zero-order valence-electron chi connectivity index (χ0n) is 6.68. The number of halogens is 1. The highest BCUT2D eigenvalue weighted by Gasteiger charge is 2.35. The van der Waals surface area contributed by atoms with Crippen molar-refractivity contribution in [3.05, 3.63) is 0 Å². The summed E-state index contributed by atoms with van der Waals surface area (Å²) in [7, 11) is 0. The molecule has 0 spiro atoms. The minimum atomic E-state index is -0.607. The molecular weight excluding hydrogens is 143 g/mol. The van der Waals surface area contributed by atoms with Crippen LogP contribution in [0.4, 0.5) is 4.39 Å². The van der Waals surface area contributed by atoms with Gasteiger partial charge in [0, 0.05) is 18.1 Å². The van der Waals surface area contributed by atoms with E-state index < -0.39 is 6.17 Å². The molecule has 62 valence electrons. The van der Waals surface area contributed by atoms with Crippen LogP contribution in [0.25, 0.3) is 0 Å². The Morgan fingerprint density at radius 2 is 2.36 bits per heavy atom. The van der Waals surface area contributed by atoms with Gasteiger partial charge in [-0.2, -0.15) is 5.10 Å². The summed E-state index contributed by atoms with van der Waals surface area (Å²) in [6.45, 7) is 2.02. The first-order chi connectivity index (χ1) is 5.27. The second kappa shape index (κ2) is 2.47. The van der Waals surface area contributed by atoms with Gasteiger partial charge in [0.2, 0.25) is 0 Å². The van der Waals surface area contributed by atoms with Crippen LogP contribution >= 0.6 is 0 Å². The lowest BCUT2D eigenvalue weighted by molar-refractivity contribution is 0.201. The molecule has 0 aromatic rings. The Kier molecular flexibility index (Phi) is 1.59. The molecule has 1 aliphatic carbocycles. The molecule has 2 aliphatic rings. The number of nitrogens with one attached hydrogen (secondary N) is 1.